The van der Waals surface area contributed by atoms with Gasteiger partial charge in [-0.1, -0.05) is 36.4 Å². The lowest BCUT2D eigenvalue weighted by atomic mass is 10.1. The third-order valence-electron chi connectivity index (χ3n) is 3.47. The van der Waals surface area contributed by atoms with Crippen LogP contribution in [0.4, 0.5) is 11.4 Å². The summed E-state index contributed by atoms with van der Waals surface area (Å²) in [5.74, 6) is 0. The molecule has 16 heavy (non-hydrogen) atoms. The maximum Gasteiger partial charge on any atom is 0.0668 e. The quantitative estimate of drug-likeness (QED) is 0.656. The molecule has 4 rings (SSSR count). The molecule has 0 atom stereocenters. The van der Waals surface area contributed by atoms with Crippen LogP contribution in [0, 0.1) is 0 Å². The fourth-order valence-electron chi connectivity index (χ4n) is 2.72. The summed E-state index contributed by atoms with van der Waals surface area (Å²) in [5.41, 5.74) is 5.58. The molecular weight excluding hydrogens is 196 g/mol. The molecule has 78 valence electrons. The lowest BCUT2D eigenvalue weighted by Gasteiger charge is -2.23. The van der Waals surface area contributed by atoms with Gasteiger partial charge in [0.25, 0.3) is 0 Å². The molecule has 2 heteroatoms. The van der Waals surface area contributed by atoms with Crippen LogP contribution in [0.5, 0.6) is 0 Å². The first-order chi connectivity index (χ1) is 7.93. The molecule has 0 aliphatic carbocycles. The summed E-state index contributed by atoms with van der Waals surface area (Å²) in [6.45, 7) is 2.01. The number of hydrogen-bond donors (Lipinski definition) is 0. The SMILES string of the molecule is c1ccc2c(c1)CN1c3ccccc3CN21. The zero-order valence-electron chi connectivity index (χ0n) is 8.93. The van der Waals surface area contributed by atoms with Crippen LogP contribution in [-0.4, -0.2) is 0 Å². The van der Waals surface area contributed by atoms with E-state index >= 15 is 0 Å². The van der Waals surface area contributed by atoms with Gasteiger partial charge in [-0.3, -0.25) is 10.0 Å². The van der Waals surface area contributed by atoms with Crippen LogP contribution in [0.1, 0.15) is 11.1 Å². The van der Waals surface area contributed by atoms with Crippen LogP contribution >= 0.6 is 0 Å². The number of fused-ring (bicyclic) bond motifs is 5. The molecule has 0 bridgehead atoms. The van der Waals surface area contributed by atoms with Gasteiger partial charge in [0.05, 0.1) is 24.5 Å². The minimum atomic E-state index is 1.01. The molecule has 0 radical (unpaired) electrons. The number of para-hydroxylation sites is 2. The van der Waals surface area contributed by atoms with E-state index in [1.54, 1.807) is 0 Å². The third-order valence-corrected chi connectivity index (χ3v) is 3.47. The Balaban J connectivity index is 1.86. The topological polar surface area (TPSA) is 6.48 Å². The molecule has 2 heterocycles. The van der Waals surface area contributed by atoms with E-state index in [2.05, 4.69) is 58.5 Å². The van der Waals surface area contributed by atoms with Crippen molar-refractivity contribution in [2.45, 2.75) is 13.1 Å². The van der Waals surface area contributed by atoms with Gasteiger partial charge in [0.15, 0.2) is 0 Å². The maximum atomic E-state index is 2.38. The fraction of sp³-hybridized carbons (Fsp3) is 0.143. The first-order valence-corrected chi connectivity index (χ1v) is 5.64. The molecule has 0 saturated carbocycles. The molecule has 0 N–H and O–H groups in total. The van der Waals surface area contributed by atoms with E-state index in [4.69, 9.17) is 0 Å². The first-order valence-electron chi connectivity index (χ1n) is 5.64. The Morgan fingerprint density at radius 1 is 0.625 bits per heavy atom. The van der Waals surface area contributed by atoms with Crippen molar-refractivity contribution in [3.63, 3.8) is 0 Å². The summed E-state index contributed by atoms with van der Waals surface area (Å²) in [5, 5.41) is 4.75. The van der Waals surface area contributed by atoms with Gasteiger partial charge in [-0.15, -0.1) is 0 Å². The first kappa shape index (κ1) is 8.22. The van der Waals surface area contributed by atoms with Crippen molar-refractivity contribution in [3.8, 4) is 0 Å². The molecule has 2 aromatic rings. The summed E-state index contributed by atoms with van der Waals surface area (Å²) >= 11 is 0. The highest BCUT2D eigenvalue weighted by Gasteiger charge is 2.33. The number of hydrazine groups is 1. The summed E-state index contributed by atoms with van der Waals surface area (Å²) in [4.78, 5) is 0. The minimum absolute atomic E-state index is 1.01. The molecule has 0 saturated heterocycles. The van der Waals surface area contributed by atoms with E-state index in [1.807, 2.05) is 0 Å². The van der Waals surface area contributed by atoms with Gasteiger partial charge in [-0.05, 0) is 23.3 Å². The summed E-state index contributed by atoms with van der Waals surface area (Å²) in [6, 6.07) is 17.3. The van der Waals surface area contributed by atoms with Crippen molar-refractivity contribution < 1.29 is 0 Å². The zero-order chi connectivity index (χ0) is 10.5. The number of hydrogen-bond acceptors (Lipinski definition) is 2. The van der Waals surface area contributed by atoms with Crippen LogP contribution < -0.4 is 10.0 Å². The van der Waals surface area contributed by atoms with Crippen molar-refractivity contribution in [1.29, 1.82) is 0 Å². The smallest absolute Gasteiger partial charge is 0.0668 e. The van der Waals surface area contributed by atoms with E-state index in [1.165, 1.54) is 22.5 Å². The molecule has 2 nitrogen and oxygen atoms in total. The van der Waals surface area contributed by atoms with Gasteiger partial charge in [0, 0.05) is 0 Å². The Hall–Kier alpha value is -1.96. The predicted octanol–water partition coefficient (Wildman–Crippen LogP) is 2.94. The Labute approximate surface area is 94.7 Å². The van der Waals surface area contributed by atoms with E-state index in [0.717, 1.165) is 13.1 Å². The average Bonchev–Trinajstić information content (AvgIpc) is 2.85. The summed E-state index contributed by atoms with van der Waals surface area (Å²) in [6.07, 6.45) is 0. The standard InChI is InChI=1S/C14H12N2/c1-3-7-13-11(5-1)9-15-14-8-4-2-6-12(14)10-16(13)15/h1-8H,9-10H2. The van der Waals surface area contributed by atoms with Crippen molar-refractivity contribution >= 4 is 11.4 Å². The highest BCUT2D eigenvalue weighted by atomic mass is 15.7. The molecule has 2 aliphatic rings. The van der Waals surface area contributed by atoms with Crippen LogP contribution in [0.15, 0.2) is 48.5 Å². The predicted molar refractivity (Wildman–Crippen MR) is 65.3 cm³/mol. The second-order valence-corrected chi connectivity index (χ2v) is 4.37. The third kappa shape index (κ3) is 0.915. The van der Waals surface area contributed by atoms with Crippen LogP contribution in [0.25, 0.3) is 0 Å². The van der Waals surface area contributed by atoms with E-state index in [9.17, 15) is 0 Å². The Kier molecular flexibility index (Phi) is 1.43. The summed E-state index contributed by atoms with van der Waals surface area (Å²) < 4.78 is 0. The molecule has 2 aliphatic heterocycles. The highest BCUT2D eigenvalue weighted by Crippen LogP contribution is 2.42. The number of nitrogens with zero attached hydrogens (tertiary/aromatic N) is 2. The monoisotopic (exact) mass is 208 g/mol. The maximum absolute atomic E-state index is 2.38. The van der Waals surface area contributed by atoms with Gasteiger partial charge in [0.2, 0.25) is 0 Å². The molecule has 0 aromatic heterocycles. The Morgan fingerprint density at radius 3 is 1.56 bits per heavy atom. The molecule has 0 amide bonds. The molecule has 0 unspecified atom stereocenters. The largest absolute Gasteiger partial charge is 0.280 e. The molecular formula is C14H12N2. The van der Waals surface area contributed by atoms with Crippen molar-refractivity contribution in [2.75, 3.05) is 10.0 Å². The van der Waals surface area contributed by atoms with Crippen molar-refractivity contribution in [2.24, 2.45) is 0 Å². The van der Waals surface area contributed by atoms with Gasteiger partial charge in [-0.25, -0.2) is 0 Å². The average molecular weight is 208 g/mol. The van der Waals surface area contributed by atoms with Crippen LogP contribution in [0.2, 0.25) is 0 Å². The number of benzene rings is 2. The Bertz CT molecular complexity index is 511. The van der Waals surface area contributed by atoms with Crippen molar-refractivity contribution in [3.05, 3.63) is 59.7 Å². The van der Waals surface area contributed by atoms with Gasteiger partial charge in [-0.2, -0.15) is 0 Å². The molecule has 0 spiro atoms. The zero-order valence-corrected chi connectivity index (χ0v) is 8.93. The van der Waals surface area contributed by atoms with Crippen molar-refractivity contribution in [1.82, 2.24) is 0 Å². The Morgan fingerprint density at radius 2 is 1.06 bits per heavy atom. The lowest BCUT2D eigenvalue weighted by Crippen LogP contribution is -2.30. The van der Waals surface area contributed by atoms with Crippen LogP contribution in [-0.2, 0) is 13.1 Å². The van der Waals surface area contributed by atoms with Gasteiger partial charge >= 0.3 is 0 Å². The molecule has 2 aromatic carbocycles. The summed E-state index contributed by atoms with van der Waals surface area (Å²) in [7, 11) is 0. The van der Waals surface area contributed by atoms with E-state index in [-0.39, 0.29) is 0 Å². The normalized spacial score (nSPS) is 16.0. The van der Waals surface area contributed by atoms with Gasteiger partial charge < -0.3 is 0 Å². The number of rotatable bonds is 0. The molecule has 0 fully saturated rings. The highest BCUT2D eigenvalue weighted by molar-refractivity contribution is 5.73. The lowest BCUT2D eigenvalue weighted by molar-refractivity contribution is 0.818. The minimum Gasteiger partial charge on any atom is -0.280 e. The van der Waals surface area contributed by atoms with Gasteiger partial charge in [0.1, 0.15) is 0 Å². The second-order valence-electron chi connectivity index (χ2n) is 4.37. The van der Waals surface area contributed by atoms with Crippen LogP contribution in [0.3, 0.4) is 0 Å². The fourth-order valence-corrected chi connectivity index (χ4v) is 2.72. The van der Waals surface area contributed by atoms with E-state index < -0.39 is 0 Å². The van der Waals surface area contributed by atoms with E-state index in [0.29, 0.717) is 0 Å². The second kappa shape index (κ2) is 2.79. The number of anilines is 2.